The molecule has 2 aromatic heterocycles. The van der Waals surface area contributed by atoms with Crippen molar-refractivity contribution in [2.24, 2.45) is 0 Å². The van der Waals surface area contributed by atoms with Crippen molar-refractivity contribution in [3.8, 4) is 0 Å². The lowest BCUT2D eigenvalue weighted by atomic mass is 10.1. The molecule has 0 aliphatic carbocycles. The zero-order valence-electron chi connectivity index (χ0n) is 11.1. The molecule has 0 aliphatic heterocycles. The Hall–Kier alpha value is -1.42. The van der Waals surface area contributed by atoms with Gasteiger partial charge in [0.05, 0.1) is 10.2 Å². The predicted octanol–water partition coefficient (Wildman–Crippen LogP) is 4.80. The van der Waals surface area contributed by atoms with Crippen molar-refractivity contribution in [2.75, 3.05) is 0 Å². The van der Waals surface area contributed by atoms with Crippen LogP contribution in [0.1, 0.15) is 24.1 Å². The van der Waals surface area contributed by atoms with Crippen LogP contribution in [0.2, 0.25) is 5.02 Å². The van der Waals surface area contributed by atoms with Crippen LogP contribution in [0.5, 0.6) is 0 Å². The molecule has 0 radical (unpaired) electrons. The fourth-order valence-electron chi connectivity index (χ4n) is 2.09. The van der Waals surface area contributed by atoms with Gasteiger partial charge in [0, 0.05) is 23.8 Å². The lowest BCUT2D eigenvalue weighted by molar-refractivity contribution is 0.574. The lowest BCUT2D eigenvalue weighted by Gasteiger charge is -2.14. The summed E-state index contributed by atoms with van der Waals surface area (Å²) in [5, 5.41) is 6.36. The minimum Gasteiger partial charge on any atom is -0.306 e. The molecule has 2 nitrogen and oxygen atoms in total. The first-order chi connectivity index (χ1) is 9.72. The zero-order chi connectivity index (χ0) is 13.9. The number of thiophene rings is 1. The van der Waals surface area contributed by atoms with Gasteiger partial charge in [-0.25, -0.2) is 0 Å². The van der Waals surface area contributed by atoms with Crippen LogP contribution < -0.4 is 5.32 Å². The summed E-state index contributed by atoms with van der Waals surface area (Å²) in [5.74, 6) is 0. The number of aromatic nitrogens is 1. The number of nitrogens with one attached hydrogen (secondary N) is 1. The molecular weight excluding hydrogens is 288 g/mol. The van der Waals surface area contributed by atoms with Crippen LogP contribution in [-0.2, 0) is 6.54 Å². The number of pyridine rings is 1. The van der Waals surface area contributed by atoms with Gasteiger partial charge in [-0.05, 0) is 47.7 Å². The maximum atomic E-state index is 5.89. The Kier molecular flexibility index (Phi) is 4.01. The number of hydrogen-bond donors (Lipinski definition) is 1. The molecule has 3 rings (SSSR count). The molecule has 2 heterocycles. The number of benzene rings is 1. The van der Waals surface area contributed by atoms with Crippen molar-refractivity contribution >= 4 is 33.2 Å². The third-order valence-corrected chi connectivity index (χ3v) is 4.45. The van der Waals surface area contributed by atoms with Gasteiger partial charge < -0.3 is 5.32 Å². The summed E-state index contributed by atoms with van der Waals surface area (Å²) in [4.78, 5) is 4.48. The molecule has 0 fully saturated rings. The Bertz CT molecular complexity index is 706. The average Bonchev–Trinajstić information content (AvgIpc) is 2.93. The fourth-order valence-corrected chi connectivity index (χ4v) is 3.00. The number of nitrogens with zero attached hydrogens (tertiary/aromatic N) is 1. The van der Waals surface area contributed by atoms with Crippen LogP contribution in [0.15, 0.2) is 48.0 Å². The molecule has 0 aliphatic rings. The van der Waals surface area contributed by atoms with E-state index in [9.17, 15) is 0 Å². The summed E-state index contributed by atoms with van der Waals surface area (Å²) in [6.07, 6.45) is 1.95. The van der Waals surface area contributed by atoms with Crippen molar-refractivity contribution in [3.05, 3.63) is 64.1 Å². The van der Waals surface area contributed by atoms with Crippen LogP contribution in [0.4, 0.5) is 0 Å². The topological polar surface area (TPSA) is 24.9 Å². The standard InChI is InChI=1S/C16H15ClN2S/c1-11(18-9-12-2-4-14(17)5-3-12)13-8-16-15(19-10-13)6-7-20-16/h2-8,10-11,18H,9H2,1H3. The van der Waals surface area contributed by atoms with Gasteiger partial charge in [-0.15, -0.1) is 11.3 Å². The molecule has 1 aromatic carbocycles. The van der Waals surface area contributed by atoms with E-state index < -0.39 is 0 Å². The second kappa shape index (κ2) is 5.92. The third kappa shape index (κ3) is 3.01. The van der Waals surface area contributed by atoms with Crippen molar-refractivity contribution in [2.45, 2.75) is 19.5 Å². The highest BCUT2D eigenvalue weighted by Crippen LogP contribution is 2.22. The second-order valence-corrected chi connectivity index (χ2v) is 6.19. The fraction of sp³-hybridized carbons (Fsp3) is 0.188. The molecule has 1 N–H and O–H groups in total. The maximum absolute atomic E-state index is 5.89. The normalized spacial score (nSPS) is 12.7. The number of rotatable bonds is 4. The van der Waals surface area contributed by atoms with E-state index in [4.69, 9.17) is 11.6 Å². The average molecular weight is 303 g/mol. The Morgan fingerprint density at radius 3 is 2.85 bits per heavy atom. The molecule has 4 heteroatoms. The molecule has 0 saturated heterocycles. The van der Waals surface area contributed by atoms with Crippen LogP contribution in [0.25, 0.3) is 10.2 Å². The van der Waals surface area contributed by atoms with Crippen LogP contribution in [0.3, 0.4) is 0 Å². The SMILES string of the molecule is CC(NCc1ccc(Cl)cc1)c1cnc2ccsc2c1. The zero-order valence-corrected chi connectivity index (χ0v) is 12.7. The first-order valence-corrected chi connectivity index (χ1v) is 7.79. The van der Waals surface area contributed by atoms with Crippen LogP contribution in [0, 0.1) is 0 Å². The third-order valence-electron chi connectivity index (χ3n) is 3.35. The Morgan fingerprint density at radius 2 is 2.05 bits per heavy atom. The Labute approximate surface area is 127 Å². The predicted molar refractivity (Wildman–Crippen MR) is 86.3 cm³/mol. The number of hydrogen-bond acceptors (Lipinski definition) is 3. The summed E-state index contributed by atoms with van der Waals surface area (Å²) in [7, 11) is 0. The highest BCUT2D eigenvalue weighted by molar-refractivity contribution is 7.17. The van der Waals surface area contributed by atoms with Crippen LogP contribution >= 0.6 is 22.9 Å². The van der Waals surface area contributed by atoms with E-state index in [0.717, 1.165) is 17.1 Å². The van der Waals surface area contributed by atoms with E-state index in [1.54, 1.807) is 11.3 Å². The monoisotopic (exact) mass is 302 g/mol. The van der Waals surface area contributed by atoms with Gasteiger partial charge in [-0.2, -0.15) is 0 Å². The van der Waals surface area contributed by atoms with Gasteiger partial charge in [0.1, 0.15) is 0 Å². The molecule has 102 valence electrons. The van der Waals surface area contributed by atoms with Gasteiger partial charge in [-0.1, -0.05) is 23.7 Å². The summed E-state index contributed by atoms with van der Waals surface area (Å²) < 4.78 is 1.24. The summed E-state index contributed by atoms with van der Waals surface area (Å²) >= 11 is 7.62. The minimum atomic E-state index is 0.268. The number of halogens is 1. The first kappa shape index (κ1) is 13.6. The van der Waals surface area contributed by atoms with E-state index in [0.29, 0.717) is 0 Å². The quantitative estimate of drug-likeness (QED) is 0.749. The van der Waals surface area contributed by atoms with E-state index in [1.807, 2.05) is 30.5 Å². The largest absolute Gasteiger partial charge is 0.306 e. The summed E-state index contributed by atoms with van der Waals surface area (Å²) in [6, 6.07) is 12.5. The Morgan fingerprint density at radius 1 is 1.25 bits per heavy atom. The van der Waals surface area contributed by atoms with E-state index in [1.165, 1.54) is 15.8 Å². The molecule has 0 spiro atoms. The van der Waals surface area contributed by atoms with Crippen molar-refractivity contribution < 1.29 is 0 Å². The molecule has 3 aromatic rings. The molecule has 0 bridgehead atoms. The first-order valence-electron chi connectivity index (χ1n) is 6.53. The van der Waals surface area contributed by atoms with Crippen molar-refractivity contribution in [1.29, 1.82) is 0 Å². The molecule has 0 saturated carbocycles. The van der Waals surface area contributed by atoms with Crippen molar-refractivity contribution in [3.63, 3.8) is 0 Å². The van der Waals surface area contributed by atoms with E-state index in [-0.39, 0.29) is 6.04 Å². The second-order valence-electron chi connectivity index (χ2n) is 4.80. The van der Waals surface area contributed by atoms with Gasteiger partial charge in [0.2, 0.25) is 0 Å². The number of fused-ring (bicyclic) bond motifs is 1. The van der Waals surface area contributed by atoms with E-state index in [2.05, 4.69) is 34.7 Å². The minimum absolute atomic E-state index is 0.268. The molecule has 1 atom stereocenters. The summed E-state index contributed by atoms with van der Waals surface area (Å²) in [5.41, 5.74) is 3.52. The smallest absolute Gasteiger partial charge is 0.0809 e. The van der Waals surface area contributed by atoms with Crippen LogP contribution in [-0.4, -0.2) is 4.98 Å². The maximum Gasteiger partial charge on any atom is 0.0809 e. The molecule has 0 amide bonds. The van der Waals surface area contributed by atoms with Crippen molar-refractivity contribution in [1.82, 2.24) is 10.3 Å². The van der Waals surface area contributed by atoms with E-state index >= 15 is 0 Å². The van der Waals surface area contributed by atoms with Gasteiger partial charge in [-0.3, -0.25) is 4.98 Å². The Balaban J connectivity index is 1.69. The molecule has 1 unspecified atom stereocenters. The van der Waals surface area contributed by atoms with Gasteiger partial charge in [0.25, 0.3) is 0 Å². The van der Waals surface area contributed by atoms with Gasteiger partial charge >= 0.3 is 0 Å². The lowest BCUT2D eigenvalue weighted by Crippen LogP contribution is -2.18. The molecular formula is C16H15ClN2S. The highest BCUT2D eigenvalue weighted by atomic mass is 35.5. The summed E-state index contributed by atoms with van der Waals surface area (Å²) in [6.45, 7) is 2.98. The highest BCUT2D eigenvalue weighted by Gasteiger charge is 2.07. The molecule has 20 heavy (non-hydrogen) atoms. The van der Waals surface area contributed by atoms with Gasteiger partial charge in [0.15, 0.2) is 0 Å².